The van der Waals surface area contributed by atoms with Gasteiger partial charge in [0.25, 0.3) is 11.5 Å². The molecule has 1 saturated heterocycles. The molecule has 0 atom stereocenters. The first-order valence-electron chi connectivity index (χ1n) is 10.6. The van der Waals surface area contributed by atoms with E-state index in [1.165, 1.54) is 39.4 Å². The molecule has 1 aliphatic rings. The summed E-state index contributed by atoms with van der Waals surface area (Å²) in [6.45, 7) is 1.74. The predicted octanol–water partition coefficient (Wildman–Crippen LogP) is 3.97. The molecule has 4 heterocycles. The summed E-state index contributed by atoms with van der Waals surface area (Å²) in [5.41, 5.74) is 0.635. The molecule has 0 radical (unpaired) electrons. The summed E-state index contributed by atoms with van der Waals surface area (Å²) in [7, 11) is 0. The Balaban J connectivity index is 1.52. The number of fused-ring (bicyclic) bond motifs is 1. The standard InChI is InChI=1S/C24H20FN3O4S2/c25-16-4-1-3-15(13-16)14-28-17-6-12-34-21(17)20(19(23(28)30)24(31)32)26-7-9-27(10-8-26)22(29)18-5-2-11-33-18/h1-6,11-13H,7-10,14H2,(H,31,32). The second kappa shape index (κ2) is 9.03. The van der Waals surface area contributed by atoms with E-state index in [1.807, 2.05) is 21.7 Å². The molecule has 7 nitrogen and oxygen atoms in total. The van der Waals surface area contributed by atoms with Gasteiger partial charge in [-0.1, -0.05) is 18.2 Å². The Labute approximate surface area is 201 Å². The number of amides is 1. The van der Waals surface area contributed by atoms with Gasteiger partial charge in [-0.25, -0.2) is 9.18 Å². The number of pyridine rings is 1. The summed E-state index contributed by atoms with van der Waals surface area (Å²) in [6.07, 6.45) is 0. The van der Waals surface area contributed by atoms with Crippen molar-refractivity contribution in [3.05, 3.63) is 85.4 Å². The van der Waals surface area contributed by atoms with Gasteiger partial charge in [-0.3, -0.25) is 9.59 Å². The van der Waals surface area contributed by atoms with E-state index in [0.29, 0.717) is 52.5 Å². The van der Waals surface area contributed by atoms with E-state index in [0.717, 1.165) is 0 Å². The Hall–Kier alpha value is -3.50. The van der Waals surface area contributed by atoms with Crippen LogP contribution in [0.5, 0.6) is 0 Å². The highest BCUT2D eigenvalue weighted by molar-refractivity contribution is 7.17. The van der Waals surface area contributed by atoms with Crippen LogP contribution in [0.2, 0.25) is 0 Å². The summed E-state index contributed by atoms with van der Waals surface area (Å²) < 4.78 is 15.8. The average Bonchev–Trinajstić information content (AvgIpc) is 3.52. The van der Waals surface area contributed by atoms with Gasteiger partial charge < -0.3 is 19.5 Å². The minimum Gasteiger partial charge on any atom is -0.477 e. The number of carboxylic acid groups (broad SMARTS) is 1. The van der Waals surface area contributed by atoms with Crippen molar-refractivity contribution in [2.24, 2.45) is 0 Å². The van der Waals surface area contributed by atoms with Gasteiger partial charge >= 0.3 is 5.97 Å². The van der Waals surface area contributed by atoms with E-state index in [-0.39, 0.29) is 18.0 Å². The molecule has 34 heavy (non-hydrogen) atoms. The molecule has 0 spiro atoms. The molecular formula is C24H20FN3O4S2. The van der Waals surface area contributed by atoms with Gasteiger partial charge in [0.1, 0.15) is 11.4 Å². The van der Waals surface area contributed by atoms with E-state index in [9.17, 15) is 23.9 Å². The number of aromatic carboxylic acids is 1. The number of rotatable bonds is 5. The summed E-state index contributed by atoms with van der Waals surface area (Å²) in [4.78, 5) is 42.7. The summed E-state index contributed by atoms with van der Waals surface area (Å²) in [5, 5.41) is 13.7. The van der Waals surface area contributed by atoms with Gasteiger partial charge in [0.2, 0.25) is 0 Å². The minimum absolute atomic E-state index is 0.0418. The quantitative estimate of drug-likeness (QED) is 0.451. The number of carbonyl (C=O) groups excluding carboxylic acids is 1. The maximum absolute atomic E-state index is 13.7. The molecule has 0 saturated carbocycles. The highest BCUT2D eigenvalue weighted by Crippen LogP contribution is 2.34. The molecule has 1 fully saturated rings. The number of hydrogen-bond donors (Lipinski definition) is 1. The Morgan fingerprint density at radius 2 is 1.79 bits per heavy atom. The van der Waals surface area contributed by atoms with Crippen molar-refractivity contribution in [1.29, 1.82) is 0 Å². The van der Waals surface area contributed by atoms with Crippen LogP contribution in [0.25, 0.3) is 10.2 Å². The number of nitrogens with zero attached hydrogens (tertiary/aromatic N) is 3. The molecule has 174 valence electrons. The summed E-state index contributed by atoms with van der Waals surface area (Å²) >= 11 is 2.75. The van der Waals surface area contributed by atoms with Gasteiger partial charge in [-0.2, -0.15) is 0 Å². The van der Waals surface area contributed by atoms with Crippen LogP contribution in [-0.2, 0) is 6.54 Å². The van der Waals surface area contributed by atoms with Crippen molar-refractivity contribution in [1.82, 2.24) is 9.47 Å². The maximum Gasteiger partial charge on any atom is 0.343 e. The SMILES string of the molecule is O=C(O)c1c(N2CCN(C(=O)c3cccs3)CC2)c2sccc2n(Cc2cccc(F)c2)c1=O. The molecule has 4 aromatic rings. The average molecular weight is 498 g/mol. The van der Waals surface area contributed by atoms with Crippen LogP contribution in [0.1, 0.15) is 25.6 Å². The first kappa shape index (κ1) is 22.3. The van der Waals surface area contributed by atoms with Crippen LogP contribution in [-0.4, -0.2) is 52.6 Å². The summed E-state index contributed by atoms with van der Waals surface area (Å²) in [5.74, 6) is -1.77. The third kappa shape index (κ3) is 3.99. The lowest BCUT2D eigenvalue weighted by atomic mass is 10.1. The second-order valence-electron chi connectivity index (χ2n) is 7.94. The van der Waals surface area contributed by atoms with Crippen molar-refractivity contribution in [3.63, 3.8) is 0 Å². The topological polar surface area (TPSA) is 82.8 Å². The number of benzene rings is 1. The first-order valence-corrected chi connectivity index (χ1v) is 12.4. The molecule has 0 aliphatic carbocycles. The molecule has 5 rings (SSSR count). The molecule has 0 unspecified atom stereocenters. The fourth-order valence-corrected chi connectivity index (χ4v) is 5.98. The highest BCUT2D eigenvalue weighted by atomic mass is 32.1. The molecule has 3 aromatic heterocycles. The minimum atomic E-state index is -1.31. The number of thiophene rings is 2. The van der Waals surface area contributed by atoms with Crippen LogP contribution in [0.15, 0.2) is 58.0 Å². The number of carbonyl (C=O) groups is 2. The van der Waals surface area contributed by atoms with E-state index in [4.69, 9.17) is 0 Å². The zero-order valence-electron chi connectivity index (χ0n) is 17.9. The van der Waals surface area contributed by atoms with Gasteiger partial charge in [-0.05, 0) is 40.6 Å². The lowest BCUT2D eigenvalue weighted by Gasteiger charge is -2.36. The lowest BCUT2D eigenvalue weighted by Crippen LogP contribution is -2.49. The highest BCUT2D eigenvalue weighted by Gasteiger charge is 2.30. The van der Waals surface area contributed by atoms with Gasteiger partial charge in [0, 0.05) is 26.2 Å². The molecule has 1 amide bonds. The number of aromatic nitrogens is 1. The largest absolute Gasteiger partial charge is 0.477 e. The smallest absolute Gasteiger partial charge is 0.343 e. The Morgan fingerprint density at radius 3 is 2.47 bits per heavy atom. The van der Waals surface area contributed by atoms with Crippen molar-refractivity contribution in [2.45, 2.75) is 6.54 Å². The zero-order valence-corrected chi connectivity index (χ0v) is 19.6. The Bertz CT molecular complexity index is 1440. The van der Waals surface area contributed by atoms with Gasteiger partial charge in [0.15, 0.2) is 0 Å². The van der Waals surface area contributed by atoms with E-state index < -0.39 is 17.3 Å². The second-order valence-corrected chi connectivity index (χ2v) is 9.81. The Morgan fingerprint density at radius 1 is 1.00 bits per heavy atom. The zero-order chi connectivity index (χ0) is 23.8. The molecule has 10 heteroatoms. The van der Waals surface area contributed by atoms with E-state index in [1.54, 1.807) is 29.2 Å². The first-order chi connectivity index (χ1) is 16.4. The Kier molecular flexibility index (Phi) is 5.93. The number of anilines is 1. The number of hydrogen-bond acceptors (Lipinski definition) is 6. The van der Waals surface area contributed by atoms with Gasteiger partial charge in [-0.15, -0.1) is 22.7 Å². The van der Waals surface area contributed by atoms with Crippen LogP contribution in [0.3, 0.4) is 0 Å². The molecule has 0 bridgehead atoms. The normalized spacial score (nSPS) is 14.0. The molecular weight excluding hydrogens is 477 g/mol. The van der Waals surface area contributed by atoms with Crippen LogP contribution in [0.4, 0.5) is 10.1 Å². The monoisotopic (exact) mass is 497 g/mol. The van der Waals surface area contributed by atoms with Crippen molar-refractivity contribution in [2.75, 3.05) is 31.1 Å². The summed E-state index contributed by atoms with van der Waals surface area (Å²) in [6, 6.07) is 11.3. The van der Waals surface area contributed by atoms with Crippen molar-refractivity contribution < 1.29 is 19.1 Å². The molecule has 1 aromatic carbocycles. The third-order valence-corrected chi connectivity index (χ3v) is 7.67. The van der Waals surface area contributed by atoms with Crippen LogP contribution in [0, 0.1) is 5.82 Å². The van der Waals surface area contributed by atoms with Crippen LogP contribution >= 0.6 is 22.7 Å². The van der Waals surface area contributed by atoms with Crippen molar-refractivity contribution >= 4 is 50.5 Å². The fourth-order valence-electron chi connectivity index (χ4n) is 4.31. The van der Waals surface area contributed by atoms with E-state index in [2.05, 4.69) is 0 Å². The third-order valence-electron chi connectivity index (χ3n) is 5.90. The number of carboxylic acids is 1. The maximum atomic E-state index is 13.7. The lowest BCUT2D eigenvalue weighted by molar-refractivity contribution is 0.0691. The number of piperazine rings is 1. The van der Waals surface area contributed by atoms with Crippen LogP contribution < -0.4 is 10.5 Å². The van der Waals surface area contributed by atoms with Gasteiger partial charge in [0.05, 0.1) is 27.3 Å². The molecule has 1 N–H and O–H groups in total. The van der Waals surface area contributed by atoms with E-state index >= 15 is 0 Å². The molecule has 1 aliphatic heterocycles. The van der Waals surface area contributed by atoms with Crippen molar-refractivity contribution in [3.8, 4) is 0 Å². The fraction of sp³-hybridized carbons (Fsp3) is 0.208. The predicted molar refractivity (Wildman–Crippen MR) is 131 cm³/mol. The number of halogens is 1.